The predicted octanol–water partition coefficient (Wildman–Crippen LogP) is 3.74. The molecule has 220 valence electrons. The van der Waals surface area contributed by atoms with Gasteiger partial charge < -0.3 is 27.0 Å². The van der Waals surface area contributed by atoms with Gasteiger partial charge in [0, 0.05) is 30.2 Å². The molecule has 2 aliphatic rings. The largest absolute Gasteiger partial charge is 0.384 e. The number of nitrogens with two attached hydrogens (primary N) is 2. The van der Waals surface area contributed by atoms with Crippen LogP contribution < -0.4 is 22.1 Å². The standard InChI is InChI=1S/C31H42ClN7O2/c32-26-9-5-4-8-24(26)25(18-20-10-12-23(13-11-20)28(33)34)29(40)38-27(22-6-2-1-3-7-22)30(41)37-19-21-14-16-39(17-15-21)31(35)36/h4-5,8-13,21-22,25,27H,1-3,6-7,14-19H2,(H3,33,34)(H3,35,36)(H,37,41)(H,38,40). The van der Waals surface area contributed by atoms with E-state index in [9.17, 15) is 9.59 Å². The van der Waals surface area contributed by atoms with Crippen LogP contribution in [0.3, 0.4) is 0 Å². The Bertz CT molecular complexity index is 1220. The van der Waals surface area contributed by atoms with Crippen molar-refractivity contribution in [2.24, 2.45) is 23.3 Å². The lowest BCUT2D eigenvalue weighted by Gasteiger charge is -2.34. The van der Waals surface area contributed by atoms with Crippen molar-refractivity contribution >= 4 is 35.2 Å². The Morgan fingerprint density at radius 1 is 0.927 bits per heavy atom. The van der Waals surface area contributed by atoms with E-state index in [1.54, 1.807) is 18.2 Å². The van der Waals surface area contributed by atoms with Crippen molar-refractivity contribution in [2.75, 3.05) is 19.6 Å². The highest BCUT2D eigenvalue weighted by atomic mass is 35.5. The van der Waals surface area contributed by atoms with E-state index in [-0.39, 0.29) is 29.5 Å². The van der Waals surface area contributed by atoms with Crippen molar-refractivity contribution in [3.8, 4) is 0 Å². The summed E-state index contributed by atoms with van der Waals surface area (Å²) in [5, 5.41) is 22.1. The fourth-order valence-electron chi connectivity index (χ4n) is 6.01. The van der Waals surface area contributed by atoms with Crippen LogP contribution in [-0.2, 0) is 16.0 Å². The minimum atomic E-state index is -0.620. The number of nitrogen functional groups attached to an aromatic ring is 1. The number of hydrogen-bond acceptors (Lipinski definition) is 4. The van der Waals surface area contributed by atoms with Crippen molar-refractivity contribution in [1.29, 1.82) is 10.8 Å². The molecule has 0 aromatic heterocycles. The minimum Gasteiger partial charge on any atom is -0.384 e. The number of carbonyl (C=O) groups is 2. The van der Waals surface area contributed by atoms with Gasteiger partial charge >= 0.3 is 0 Å². The summed E-state index contributed by atoms with van der Waals surface area (Å²) in [6, 6.07) is 14.0. The number of halogens is 1. The van der Waals surface area contributed by atoms with Crippen LogP contribution in [0.1, 0.15) is 67.6 Å². The molecule has 2 atom stereocenters. The molecule has 1 saturated carbocycles. The van der Waals surface area contributed by atoms with Crippen molar-refractivity contribution < 1.29 is 9.59 Å². The van der Waals surface area contributed by atoms with Gasteiger partial charge in [-0.15, -0.1) is 0 Å². The van der Waals surface area contributed by atoms with E-state index in [2.05, 4.69) is 10.6 Å². The second kappa shape index (κ2) is 14.3. The number of nitrogens with one attached hydrogen (secondary N) is 4. The second-order valence-electron chi connectivity index (χ2n) is 11.3. The Hall–Kier alpha value is -3.59. The molecule has 4 rings (SSSR count). The normalized spacial score (nSPS) is 17.8. The Kier molecular flexibility index (Phi) is 10.6. The molecule has 0 spiro atoms. The Morgan fingerprint density at radius 3 is 2.20 bits per heavy atom. The number of amidine groups is 1. The Labute approximate surface area is 247 Å². The van der Waals surface area contributed by atoms with Crippen molar-refractivity contribution in [3.05, 3.63) is 70.2 Å². The Morgan fingerprint density at radius 2 is 1.59 bits per heavy atom. The molecule has 2 fully saturated rings. The number of guanidine groups is 1. The Balaban J connectivity index is 1.50. The van der Waals surface area contributed by atoms with Gasteiger partial charge in [-0.25, -0.2) is 0 Å². The molecule has 2 unspecified atom stereocenters. The van der Waals surface area contributed by atoms with E-state index in [0.717, 1.165) is 50.5 Å². The first-order valence-corrected chi connectivity index (χ1v) is 15.0. The lowest BCUT2D eigenvalue weighted by molar-refractivity contribution is -0.131. The smallest absolute Gasteiger partial charge is 0.242 e. The maximum atomic E-state index is 14.0. The molecule has 0 radical (unpaired) electrons. The van der Waals surface area contributed by atoms with E-state index < -0.39 is 12.0 Å². The van der Waals surface area contributed by atoms with E-state index in [1.807, 2.05) is 35.2 Å². The number of amides is 2. The molecule has 0 bridgehead atoms. The van der Waals surface area contributed by atoms with E-state index in [1.165, 1.54) is 0 Å². The number of carbonyl (C=O) groups excluding carboxylic acids is 2. The fourth-order valence-corrected chi connectivity index (χ4v) is 6.28. The summed E-state index contributed by atoms with van der Waals surface area (Å²) in [6.07, 6.45) is 7.15. The van der Waals surface area contributed by atoms with Gasteiger partial charge in [0.15, 0.2) is 5.96 Å². The molecule has 1 saturated heterocycles. The van der Waals surface area contributed by atoms with Gasteiger partial charge in [0.2, 0.25) is 11.8 Å². The third kappa shape index (κ3) is 8.22. The number of hydrogen-bond donors (Lipinski definition) is 6. The minimum absolute atomic E-state index is 0.0114. The summed E-state index contributed by atoms with van der Waals surface area (Å²) in [6.45, 7) is 1.97. The maximum absolute atomic E-state index is 14.0. The molecule has 8 N–H and O–H groups in total. The van der Waals surface area contributed by atoms with Gasteiger partial charge in [0.25, 0.3) is 0 Å². The molecular weight excluding hydrogens is 538 g/mol. The molecule has 10 heteroatoms. The third-order valence-electron chi connectivity index (χ3n) is 8.52. The number of rotatable bonds is 10. The number of piperidine rings is 1. The lowest BCUT2D eigenvalue weighted by atomic mass is 9.82. The van der Waals surface area contributed by atoms with Crippen LogP contribution in [0.5, 0.6) is 0 Å². The molecule has 2 aromatic carbocycles. The first-order chi connectivity index (χ1) is 19.7. The van der Waals surface area contributed by atoms with E-state index >= 15 is 0 Å². The van der Waals surface area contributed by atoms with Crippen LogP contribution in [0.4, 0.5) is 0 Å². The highest BCUT2D eigenvalue weighted by molar-refractivity contribution is 6.31. The van der Waals surface area contributed by atoms with Crippen LogP contribution >= 0.6 is 11.6 Å². The number of nitrogens with zero attached hydrogens (tertiary/aromatic N) is 1. The van der Waals surface area contributed by atoms with Gasteiger partial charge in [-0.05, 0) is 61.1 Å². The summed E-state index contributed by atoms with van der Waals surface area (Å²) in [7, 11) is 0. The van der Waals surface area contributed by atoms with Gasteiger partial charge in [-0.1, -0.05) is 73.3 Å². The fraction of sp³-hybridized carbons (Fsp3) is 0.484. The molecule has 41 heavy (non-hydrogen) atoms. The zero-order chi connectivity index (χ0) is 29.4. The lowest BCUT2D eigenvalue weighted by Crippen LogP contribution is -2.53. The summed E-state index contributed by atoms with van der Waals surface area (Å²) in [4.78, 5) is 29.5. The van der Waals surface area contributed by atoms with Crippen LogP contribution in [0.2, 0.25) is 5.02 Å². The third-order valence-corrected chi connectivity index (χ3v) is 8.87. The first kappa shape index (κ1) is 30.4. The van der Waals surface area contributed by atoms with E-state index in [4.69, 9.17) is 33.9 Å². The van der Waals surface area contributed by atoms with Crippen LogP contribution in [0.25, 0.3) is 0 Å². The molecule has 2 amide bonds. The topological polar surface area (TPSA) is 161 Å². The van der Waals surface area contributed by atoms with Gasteiger partial charge in [0.05, 0.1) is 5.92 Å². The second-order valence-corrected chi connectivity index (χ2v) is 11.7. The van der Waals surface area contributed by atoms with Gasteiger partial charge in [-0.3, -0.25) is 20.4 Å². The molecule has 1 heterocycles. The molecular formula is C31H42ClN7O2. The molecule has 9 nitrogen and oxygen atoms in total. The number of likely N-dealkylation sites (tertiary alicyclic amines) is 1. The molecule has 1 aliphatic carbocycles. The SMILES string of the molecule is N=C(N)c1ccc(CC(C(=O)NC(C(=O)NCC2CCN(C(=N)N)CC2)C2CCCCC2)c2ccccc2Cl)cc1. The quantitative estimate of drug-likeness (QED) is 0.186. The molecule has 1 aliphatic heterocycles. The summed E-state index contributed by atoms with van der Waals surface area (Å²) in [5.74, 6) is -0.489. The van der Waals surface area contributed by atoms with E-state index in [0.29, 0.717) is 48.1 Å². The highest BCUT2D eigenvalue weighted by Crippen LogP contribution is 2.31. The van der Waals surface area contributed by atoms with Crippen molar-refractivity contribution in [3.63, 3.8) is 0 Å². The zero-order valence-electron chi connectivity index (χ0n) is 23.5. The van der Waals surface area contributed by atoms with Crippen molar-refractivity contribution in [2.45, 2.75) is 63.3 Å². The first-order valence-electron chi connectivity index (χ1n) is 14.6. The maximum Gasteiger partial charge on any atom is 0.242 e. The van der Waals surface area contributed by atoms with Crippen LogP contribution in [0.15, 0.2) is 48.5 Å². The predicted molar refractivity (Wildman–Crippen MR) is 163 cm³/mol. The summed E-state index contributed by atoms with van der Waals surface area (Å²) < 4.78 is 0. The highest BCUT2D eigenvalue weighted by Gasteiger charge is 2.34. The van der Waals surface area contributed by atoms with Crippen LogP contribution in [-0.4, -0.2) is 54.2 Å². The zero-order valence-corrected chi connectivity index (χ0v) is 24.3. The van der Waals surface area contributed by atoms with Crippen LogP contribution in [0, 0.1) is 22.7 Å². The van der Waals surface area contributed by atoms with Gasteiger partial charge in [0.1, 0.15) is 11.9 Å². The monoisotopic (exact) mass is 579 g/mol. The number of benzene rings is 2. The van der Waals surface area contributed by atoms with Crippen molar-refractivity contribution in [1.82, 2.24) is 15.5 Å². The summed E-state index contributed by atoms with van der Waals surface area (Å²) >= 11 is 6.58. The molecule has 2 aromatic rings. The summed E-state index contributed by atoms with van der Waals surface area (Å²) in [5.41, 5.74) is 13.5. The van der Waals surface area contributed by atoms with Gasteiger partial charge in [-0.2, -0.15) is 0 Å². The average molecular weight is 580 g/mol. The average Bonchev–Trinajstić information content (AvgIpc) is 2.98.